The molecule has 0 aliphatic heterocycles. The molecule has 0 fully saturated rings. The molecular weight excluding hydrogens is 228 g/mol. The average Bonchev–Trinajstić information content (AvgIpc) is 2.37. The van der Waals surface area contributed by atoms with Crippen LogP contribution in [-0.4, -0.2) is 18.1 Å². The fraction of sp³-hybridized carbons (Fsp3) is 0.0714. The molecule has 0 aliphatic rings. The third-order valence-corrected chi connectivity index (χ3v) is 2.70. The van der Waals surface area contributed by atoms with E-state index >= 15 is 0 Å². The van der Waals surface area contributed by atoms with Crippen molar-refractivity contribution in [2.75, 3.05) is 17.7 Å². The number of nitrogens with zero attached hydrogens (tertiary/aromatic N) is 1. The van der Waals surface area contributed by atoms with E-state index in [2.05, 4.69) is 0 Å². The molecule has 3 N–H and O–H groups in total. The molecule has 0 saturated heterocycles. The van der Waals surface area contributed by atoms with Crippen LogP contribution < -0.4 is 10.6 Å². The highest BCUT2D eigenvalue weighted by atomic mass is 16.3. The molecule has 0 spiro atoms. The lowest BCUT2D eigenvalue weighted by molar-refractivity contribution is 0.0990. The first-order chi connectivity index (χ1) is 8.59. The van der Waals surface area contributed by atoms with Gasteiger partial charge in [0, 0.05) is 18.4 Å². The first-order valence-corrected chi connectivity index (χ1v) is 5.51. The smallest absolute Gasteiger partial charge is 0.261 e. The van der Waals surface area contributed by atoms with Crippen molar-refractivity contribution >= 4 is 17.3 Å². The zero-order valence-electron chi connectivity index (χ0n) is 10.00. The van der Waals surface area contributed by atoms with E-state index in [4.69, 9.17) is 5.73 Å². The Morgan fingerprint density at radius 2 is 1.89 bits per heavy atom. The van der Waals surface area contributed by atoms with Gasteiger partial charge < -0.3 is 15.7 Å². The summed E-state index contributed by atoms with van der Waals surface area (Å²) in [6.07, 6.45) is 0. The van der Waals surface area contributed by atoms with Crippen molar-refractivity contribution in [2.45, 2.75) is 0 Å². The van der Waals surface area contributed by atoms with E-state index in [1.54, 1.807) is 49.5 Å². The van der Waals surface area contributed by atoms with E-state index in [0.717, 1.165) is 0 Å². The number of carbonyl (C=O) groups excluding carboxylic acids is 1. The fourth-order valence-electron chi connectivity index (χ4n) is 1.69. The Balaban J connectivity index is 2.32. The molecule has 1 amide bonds. The monoisotopic (exact) mass is 242 g/mol. The minimum Gasteiger partial charge on any atom is -0.507 e. The number of benzene rings is 2. The number of carbonyl (C=O) groups is 1. The second kappa shape index (κ2) is 4.79. The minimum absolute atomic E-state index is 0.0294. The van der Waals surface area contributed by atoms with Crippen molar-refractivity contribution in [1.82, 2.24) is 0 Å². The van der Waals surface area contributed by atoms with Crippen LogP contribution in [0.25, 0.3) is 0 Å². The molecule has 4 heteroatoms. The molecule has 2 rings (SSSR count). The summed E-state index contributed by atoms with van der Waals surface area (Å²) in [4.78, 5) is 13.7. The summed E-state index contributed by atoms with van der Waals surface area (Å²) in [5.41, 5.74) is 7.21. The molecule has 0 atom stereocenters. The highest BCUT2D eigenvalue weighted by Crippen LogP contribution is 2.22. The standard InChI is InChI=1S/C14H14N2O2/c1-16(11-6-4-5-10(15)9-11)14(18)12-7-2-3-8-13(12)17/h2-9,17H,15H2,1H3. The number of phenols is 1. The van der Waals surface area contributed by atoms with Crippen LogP contribution in [0.2, 0.25) is 0 Å². The van der Waals surface area contributed by atoms with Gasteiger partial charge in [0.05, 0.1) is 5.56 Å². The van der Waals surface area contributed by atoms with Crippen molar-refractivity contribution in [2.24, 2.45) is 0 Å². The van der Waals surface area contributed by atoms with Crippen molar-refractivity contribution in [3.63, 3.8) is 0 Å². The molecule has 0 saturated carbocycles. The van der Waals surface area contributed by atoms with Gasteiger partial charge in [-0.25, -0.2) is 0 Å². The summed E-state index contributed by atoms with van der Waals surface area (Å²) in [5.74, 6) is -0.308. The van der Waals surface area contributed by atoms with Crippen LogP contribution in [0.1, 0.15) is 10.4 Å². The Bertz CT molecular complexity index is 582. The molecule has 4 nitrogen and oxygen atoms in total. The van der Waals surface area contributed by atoms with E-state index < -0.39 is 0 Å². The topological polar surface area (TPSA) is 66.6 Å². The van der Waals surface area contributed by atoms with Crippen LogP contribution in [0, 0.1) is 0 Å². The van der Waals surface area contributed by atoms with Gasteiger partial charge in [-0.2, -0.15) is 0 Å². The summed E-state index contributed by atoms with van der Waals surface area (Å²) in [5, 5.41) is 9.66. The number of hydrogen-bond donors (Lipinski definition) is 2. The first-order valence-electron chi connectivity index (χ1n) is 5.51. The maximum absolute atomic E-state index is 12.2. The number of para-hydroxylation sites is 1. The van der Waals surface area contributed by atoms with Gasteiger partial charge in [-0.05, 0) is 30.3 Å². The maximum atomic E-state index is 12.2. The van der Waals surface area contributed by atoms with Gasteiger partial charge in [0.1, 0.15) is 5.75 Å². The number of aromatic hydroxyl groups is 1. The molecule has 18 heavy (non-hydrogen) atoms. The third kappa shape index (κ3) is 2.27. The van der Waals surface area contributed by atoms with E-state index in [9.17, 15) is 9.90 Å². The van der Waals surface area contributed by atoms with Gasteiger partial charge in [0.2, 0.25) is 0 Å². The largest absolute Gasteiger partial charge is 0.507 e. The van der Waals surface area contributed by atoms with Crippen LogP contribution in [-0.2, 0) is 0 Å². The van der Waals surface area contributed by atoms with Crippen molar-refractivity contribution in [3.05, 3.63) is 54.1 Å². The molecule has 2 aromatic rings. The lowest BCUT2D eigenvalue weighted by atomic mass is 10.1. The van der Waals surface area contributed by atoms with E-state index in [1.165, 1.54) is 11.0 Å². The number of nitrogens with two attached hydrogens (primary N) is 1. The predicted molar refractivity (Wildman–Crippen MR) is 71.7 cm³/mol. The number of nitrogen functional groups attached to an aromatic ring is 1. The van der Waals surface area contributed by atoms with Crippen molar-refractivity contribution < 1.29 is 9.90 Å². The normalized spacial score (nSPS) is 10.1. The van der Waals surface area contributed by atoms with E-state index in [1.807, 2.05) is 0 Å². The first kappa shape index (κ1) is 12.0. The summed E-state index contributed by atoms with van der Waals surface area (Å²) in [6.45, 7) is 0. The van der Waals surface area contributed by atoms with Gasteiger partial charge in [0.25, 0.3) is 5.91 Å². The maximum Gasteiger partial charge on any atom is 0.261 e. The Kier molecular flexibility index (Phi) is 3.19. The zero-order chi connectivity index (χ0) is 13.1. The lowest BCUT2D eigenvalue weighted by Crippen LogP contribution is -2.26. The van der Waals surface area contributed by atoms with Crippen LogP contribution >= 0.6 is 0 Å². The molecule has 2 aromatic carbocycles. The quantitative estimate of drug-likeness (QED) is 0.794. The minimum atomic E-state index is -0.279. The summed E-state index contributed by atoms with van der Waals surface area (Å²) >= 11 is 0. The fourth-order valence-corrected chi connectivity index (χ4v) is 1.69. The summed E-state index contributed by atoms with van der Waals surface area (Å²) in [6, 6.07) is 13.5. The molecule has 0 radical (unpaired) electrons. The second-order valence-electron chi connectivity index (χ2n) is 3.98. The SMILES string of the molecule is CN(C(=O)c1ccccc1O)c1cccc(N)c1. The predicted octanol–water partition coefficient (Wildman–Crippen LogP) is 2.25. The zero-order valence-corrected chi connectivity index (χ0v) is 10.00. The van der Waals surface area contributed by atoms with Gasteiger partial charge in [-0.1, -0.05) is 18.2 Å². The molecule has 0 aromatic heterocycles. The number of hydrogen-bond acceptors (Lipinski definition) is 3. The van der Waals surface area contributed by atoms with Gasteiger partial charge in [0.15, 0.2) is 0 Å². The molecule has 0 bridgehead atoms. The Morgan fingerprint density at radius 1 is 1.17 bits per heavy atom. The molecule has 0 aliphatic carbocycles. The Labute approximate surface area is 105 Å². The average molecular weight is 242 g/mol. The molecule has 92 valence electrons. The van der Waals surface area contributed by atoms with Crippen LogP contribution in [0.5, 0.6) is 5.75 Å². The second-order valence-corrected chi connectivity index (χ2v) is 3.98. The highest BCUT2D eigenvalue weighted by molar-refractivity contribution is 6.07. The van der Waals surface area contributed by atoms with Crippen molar-refractivity contribution in [1.29, 1.82) is 0 Å². The molecule has 0 heterocycles. The number of amides is 1. The molecular formula is C14H14N2O2. The number of anilines is 2. The Morgan fingerprint density at radius 3 is 2.56 bits per heavy atom. The van der Waals surface area contributed by atoms with Crippen LogP contribution in [0.3, 0.4) is 0 Å². The number of phenolic OH excluding ortho intramolecular Hbond substituents is 1. The van der Waals surface area contributed by atoms with Gasteiger partial charge >= 0.3 is 0 Å². The summed E-state index contributed by atoms with van der Waals surface area (Å²) in [7, 11) is 1.64. The highest BCUT2D eigenvalue weighted by Gasteiger charge is 2.16. The number of rotatable bonds is 2. The third-order valence-electron chi connectivity index (χ3n) is 2.70. The lowest BCUT2D eigenvalue weighted by Gasteiger charge is -2.18. The van der Waals surface area contributed by atoms with E-state index in [-0.39, 0.29) is 17.2 Å². The molecule has 0 unspecified atom stereocenters. The van der Waals surface area contributed by atoms with E-state index in [0.29, 0.717) is 11.4 Å². The van der Waals surface area contributed by atoms with Crippen LogP contribution in [0.15, 0.2) is 48.5 Å². The van der Waals surface area contributed by atoms with Crippen LogP contribution in [0.4, 0.5) is 11.4 Å². The Hall–Kier alpha value is -2.49. The summed E-state index contributed by atoms with van der Waals surface area (Å²) < 4.78 is 0. The van der Waals surface area contributed by atoms with Gasteiger partial charge in [-0.15, -0.1) is 0 Å². The van der Waals surface area contributed by atoms with Gasteiger partial charge in [-0.3, -0.25) is 4.79 Å². The van der Waals surface area contributed by atoms with Crippen molar-refractivity contribution in [3.8, 4) is 5.75 Å².